The van der Waals surface area contributed by atoms with Gasteiger partial charge in [0.2, 0.25) is 5.91 Å². The highest BCUT2D eigenvalue weighted by Crippen LogP contribution is 2.35. The number of allylic oxidation sites excluding steroid dienone is 2. The second-order valence-electron chi connectivity index (χ2n) is 9.11. The van der Waals surface area contributed by atoms with Gasteiger partial charge in [0.25, 0.3) is 0 Å². The van der Waals surface area contributed by atoms with Crippen LogP contribution in [-0.4, -0.2) is 52.0 Å². The first-order chi connectivity index (χ1) is 16.2. The summed E-state index contributed by atoms with van der Waals surface area (Å²) in [6, 6.07) is 0.878. The molecule has 0 bridgehead atoms. The van der Waals surface area contributed by atoms with Crippen LogP contribution in [0.2, 0.25) is 0 Å². The fourth-order valence-electron chi connectivity index (χ4n) is 4.88. The third-order valence-electron chi connectivity index (χ3n) is 6.69. The van der Waals surface area contributed by atoms with Crippen LogP contribution in [0.5, 0.6) is 0 Å². The Morgan fingerprint density at radius 2 is 1.74 bits per heavy atom. The Morgan fingerprint density at radius 3 is 2.29 bits per heavy atom. The molecule has 2 aliphatic rings. The average molecular weight is 479 g/mol. The number of carbonyl (C=O) groups excluding carboxylic acids is 2. The van der Waals surface area contributed by atoms with Crippen molar-refractivity contribution in [2.24, 2.45) is 5.92 Å². The molecule has 3 rings (SSSR count). The maximum Gasteiger partial charge on any atom is 0.415 e. The molecular weight excluding hydrogens is 446 g/mol. The van der Waals surface area contributed by atoms with Gasteiger partial charge in [0.1, 0.15) is 30.0 Å². The fraction of sp³-hybridized carbons (Fsp3) is 0.560. The van der Waals surface area contributed by atoms with E-state index in [2.05, 4.69) is 0 Å². The minimum atomic E-state index is -1.25. The summed E-state index contributed by atoms with van der Waals surface area (Å²) in [5, 5.41) is 9.47. The largest absolute Gasteiger partial charge is 0.480 e. The Balaban J connectivity index is 1.99. The second kappa shape index (κ2) is 11.4. The van der Waals surface area contributed by atoms with Gasteiger partial charge in [-0.15, -0.1) is 0 Å². The first-order valence-corrected chi connectivity index (χ1v) is 11.8. The standard InChI is InChI=1S/C25H32F2N2O5/c1-3-16(2)34-25(33)29-14-22(18-11-19(26)13-20(27)12-18)28(15-23(30)31)24(32)21(29)10-17-8-6-4-5-7-9-17/h3,11-13,17,21-22H,4-10,14-15H2,1-2H3,(H,30,31)/b16-3+/t21-,22?/m0/s1. The summed E-state index contributed by atoms with van der Waals surface area (Å²) < 4.78 is 33.4. The van der Waals surface area contributed by atoms with Crippen molar-refractivity contribution < 1.29 is 33.0 Å². The normalized spacial score (nSPS) is 22.5. The van der Waals surface area contributed by atoms with E-state index in [-0.39, 0.29) is 18.0 Å². The molecule has 186 valence electrons. The number of aliphatic carboxylic acids is 1. The van der Waals surface area contributed by atoms with E-state index in [1.54, 1.807) is 19.9 Å². The number of benzene rings is 1. The van der Waals surface area contributed by atoms with Crippen LogP contribution in [0.25, 0.3) is 0 Å². The predicted molar refractivity (Wildman–Crippen MR) is 121 cm³/mol. The summed E-state index contributed by atoms with van der Waals surface area (Å²) in [6.07, 6.45) is 7.45. The van der Waals surface area contributed by atoms with Gasteiger partial charge in [-0.05, 0) is 50.0 Å². The van der Waals surface area contributed by atoms with E-state index >= 15 is 0 Å². The van der Waals surface area contributed by atoms with Gasteiger partial charge in [-0.1, -0.05) is 38.5 Å². The molecule has 1 aromatic carbocycles. The van der Waals surface area contributed by atoms with Crippen molar-refractivity contribution in [3.63, 3.8) is 0 Å². The number of carboxylic acids is 1. The summed E-state index contributed by atoms with van der Waals surface area (Å²) in [7, 11) is 0. The molecule has 1 saturated carbocycles. The number of carboxylic acid groups (broad SMARTS) is 1. The number of carbonyl (C=O) groups is 3. The number of hydrogen-bond donors (Lipinski definition) is 1. The molecule has 34 heavy (non-hydrogen) atoms. The van der Waals surface area contributed by atoms with Crippen molar-refractivity contribution >= 4 is 18.0 Å². The number of piperazine rings is 1. The van der Waals surface area contributed by atoms with Crippen LogP contribution >= 0.6 is 0 Å². The molecule has 0 spiro atoms. The maximum atomic E-state index is 14.0. The third-order valence-corrected chi connectivity index (χ3v) is 6.69. The van der Waals surface area contributed by atoms with E-state index in [0.29, 0.717) is 18.2 Å². The molecule has 0 aromatic heterocycles. The lowest BCUT2D eigenvalue weighted by atomic mass is 9.88. The molecule has 0 radical (unpaired) electrons. The predicted octanol–water partition coefficient (Wildman–Crippen LogP) is 5.02. The van der Waals surface area contributed by atoms with Gasteiger partial charge in [-0.3, -0.25) is 14.5 Å². The lowest BCUT2D eigenvalue weighted by Crippen LogP contribution is -2.61. The van der Waals surface area contributed by atoms with Crippen LogP contribution in [0.4, 0.5) is 13.6 Å². The van der Waals surface area contributed by atoms with Gasteiger partial charge in [0, 0.05) is 12.6 Å². The molecule has 2 fully saturated rings. The number of hydrogen-bond acceptors (Lipinski definition) is 4. The SMILES string of the molecule is C/C=C(\C)OC(=O)N1CC(c2cc(F)cc(F)c2)N(CC(=O)O)C(=O)[C@@H]1CC1CCCCCC1. The summed E-state index contributed by atoms with van der Waals surface area (Å²) >= 11 is 0. The average Bonchev–Trinajstić information content (AvgIpc) is 3.04. The molecule has 7 nitrogen and oxygen atoms in total. The fourth-order valence-corrected chi connectivity index (χ4v) is 4.88. The maximum absolute atomic E-state index is 14.0. The molecule has 1 saturated heterocycles. The van der Waals surface area contributed by atoms with Crippen LogP contribution in [0, 0.1) is 17.6 Å². The Bertz CT molecular complexity index is 923. The molecule has 1 heterocycles. The zero-order chi connectivity index (χ0) is 24.8. The lowest BCUT2D eigenvalue weighted by molar-refractivity contribution is -0.154. The van der Waals surface area contributed by atoms with E-state index in [0.717, 1.165) is 55.6 Å². The van der Waals surface area contributed by atoms with Crippen LogP contribution in [-0.2, 0) is 14.3 Å². The first-order valence-electron chi connectivity index (χ1n) is 11.8. The Labute approximate surface area is 198 Å². The van der Waals surface area contributed by atoms with Gasteiger partial charge >= 0.3 is 12.1 Å². The Morgan fingerprint density at radius 1 is 1.12 bits per heavy atom. The van der Waals surface area contributed by atoms with Crippen molar-refractivity contribution in [1.29, 1.82) is 0 Å². The summed E-state index contributed by atoms with van der Waals surface area (Å²) in [4.78, 5) is 40.8. The Kier molecular flexibility index (Phi) is 8.63. The number of halogens is 2. The Hall–Kier alpha value is -2.97. The van der Waals surface area contributed by atoms with Crippen molar-refractivity contribution in [1.82, 2.24) is 9.80 Å². The quantitative estimate of drug-likeness (QED) is 0.458. The molecule has 9 heteroatoms. The molecular formula is C25H32F2N2O5. The van der Waals surface area contributed by atoms with Crippen molar-refractivity contribution in [2.45, 2.75) is 70.9 Å². The van der Waals surface area contributed by atoms with E-state index in [4.69, 9.17) is 4.74 Å². The molecule has 1 N–H and O–H groups in total. The van der Waals surface area contributed by atoms with E-state index < -0.39 is 48.2 Å². The minimum absolute atomic E-state index is 0.0839. The van der Waals surface area contributed by atoms with Crippen molar-refractivity contribution in [3.8, 4) is 0 Å². The number of amides is 2. The number of nitrogens with zero attached hydrogens (tertiary/aromatic N) is 2. The van der Waals surface area contributed by atoms with Gasteiger partial charge in [0.15, 0.2) is 0 Å². The van der Waals surface area contributed by atoms with Gasteiger partial charge in [0.05, 0.1) is 6.04 Å². The van der Waals surface area contributed by atoms with Gasteiger partial charge in [-0.25, -0.2) is 13.6 Å². The molecule has 2 atom stereocenters. The van der Waals surface area contributed by atoms with Crippen molar-refractivity contribution in [3.05, 3.63) is 47.2 Å². The first kappa shape index (κ1) is 25.6. The monoisotopic (exact) mass is 478 g/mol. The highest BCUT2D eigenvalue weighted by molar-refractivity contribution is 5.90. The second-order valence-corrected chi connectivity index (χ2v) is 9.11. The lowest BCUT2D eigenvalue weighted by Gasteiger charge is -2.45. The zero-order valence-corrected chi connectivity index (χ0v) is 19.6. The zero-order valence-electron chi connectivity index (χ0n) is 19.6. The highest BCUT2D eigenvalue weighted by atomic mass is 19.1. The minimum Gasteiger partial charge on any atom is -0.480 e. The topological polar surface area (TPSA) is 87.2 Å². The molecule has 1 aliphatic carbocycles. The smallest absolute Gasteiger partial charge is 0.415 e. The van der Waals surface area contributed by atoms with Gasteiger partial charge in [-0.2, -0.15) is 0 Å². The molecule has 2 amide bonds. The third kappa shape index (κ3) is 6.33. The summed E-state index contributed by atoms with van der Waals surface area (Å²) in [6.45, 7) is 2.55. The molecule has 1 aliphatic heterocycles. The molecule has 1 unspecified atom stereocenters. The van der Waals surface area contributed by atoms with Crippen LogP contribution < -0.4 is 0 Å². The number of ether oxygens (including phenoxy) is 1. The van der Waals surface area contributed by atoms with E-state index in [9.17, 15) is 28.3 Å². The summed E-state index contributed by atoms with van der Waals surface area (Å²) in [5.74, 6) is -2.93. The molecule has 1 aromatic rings. The van der Waals surface area contributed by atoms with Crippen LogP contribution in [0.1, 0.15) is 70.4 Å². The van der Waals surface area contributed by atoms with E-state index in [1.165, 1.54) is 4.90 Å². The highest BCUT2D eigenvalue weighted by Gasteiger charge is 2.45. The van der Waals surface area contributed by atoms with Crippen LogP contribution in [0.3, 0.4) is 0 Å². The van der Waals surface area contributed by atoms with E-state index in [1.807, 2.05) is 0 Å². The number of rotatable bonds is 6. The van der Waals surface area contributed by atoms with Gasteiger partial charge < -0.3 is 14.7 Å². The van der Waals surface area contributed by atoms with Crippen molar-refractivity contribution in [2.75, 3.05) is 13.1 Å². The summed E-state index contributed by atoms with van der Waals surface area (Å²) in [5.41, 5.74) is 0.0839. The van der Waals surface area contributed by atoms with Crippen LogP contribution in [0.15, 0.2) is 30.0 Å².